The quantitative estimate of drug-likeness (QED) is 0.594. The second kappa shape index (κ2) is 8.18. The van der Waals surface area contributed by atoms with Crippen molar-refractivity contribution in [1.82, 2.24) is 10.3 Å². The molecule has 1 aromatic heterocycles. The first-order chi connectivity index (χ1) is 12.2. The smallest absolute Gasteiger partial charge is 0.272 e. The van der Waals surface area contributed by atoms with Crippen LogP contribution in [0, 0.1) is 0 Å². The summed E-state index contributed by atoms with van der Waals surface area (Å²) in [5, 5.41) is 7.00. The lowest BCUT2D eigenvalue weighted by Crippen LogP contribution is -2.27. The number of benzene rings is 2. The van der Waals surface area contributed by atoms with Gasteiger partial charge in [0, 0.05) is 5.69 Å². The molecule has 1 amide bonds. The number of para-hydroxylation sites is 1. The predicted octanol–water partition coefficient (Wildman–Crippen LogP) is 5.10. The van der Waals surface area contributed by atoms with Crippen LogP contribution in [0.2, 0.25) is 0 Å². The molecule has 1 heterocycles. The van der Waals surface area contributed by atoms with Gasteiger partial charge < -0.3 is 10.6 Å². The minimum absolute atomic E-state index is 0.0735. The van der Waals surface area contributed by atoms with E-state index in [0.717, 1.165) is 15.5 Å². The molecule has 0 aliphatic carbocycles. The number of hydrogen-bond acceptors (Lipinski definition) is 5. The Kier molecular flexibility index (Phi) is 5.73. The molecule has 128 valence electrons. The van der Waals surface area contributed by atoms with Crippen molar-refractivity contribution >= 4 is 39.8 Å². The first kappa shape index (κ1) is 17.5. The van der Waals surface area contributed by atoms with E-state index in [1.807, 2.05) is 73.8 Å². The summed E-state index contributed by atoms with van der Waals surface area (Å²) in [7, 11) is 0. The molecule has 1 unspecified atom stereocenters. The molecule has 25 heavy (non-hydrogen) atoms. The van der Waals surface area contributed by atoms with Crippen molar-refractivity contribution < 1.29 is 4.79 Å². The van der Waals surface area contributed by atoms with Crippen LogP contribution in [0.1, 0.15) is 29.0 Å². The van der Waals surface area contributed by atoms with Crippen LogP contribution < -0.4 is 10.6 Å². The van der Waals surface area contributed by atoms with E-state index in [0.29, 0.717) is 10.8 Å². The third kappa shape index (κ3) is 4.41. The van der Waals surface area contributed by atoms with Gasteiger partial charge in [-0.2, -0.15) is 0 Å². The van der Waals surface area contributed by atoms with Gasteiger partial charge >= 0.3 is 0 Å². The first-order valence-electron chi connectivity index (χ1n) is 7.90. The summed E-state index contributed by atoms with van der Waals surface area (Å²) in [6, 6.07) is 19.7. The number of carbonyl (C=O) groups excluding carboxylic acids is 1. The Morgan fingerprint density at radius 1 is 1.08 bits per heavy atom. The Balaban J connectivity index is 1.75. The summed E-state index contributed by atoms with van der Waals surface area (Å²) < 4.78 is 0.899. The molecule has 0 radical (unpaired) electrons. The number of aromatic nitrogens is 1. The van der Waals surface area contributed by atoms with E-state index in [1.165, 1.54) is 23.1 Å². The molecule has 3 rings (SSSR count). The Morgan fingerprint density at radius 2 is 1.72 bits per heavy atom. The molecule has 0 spiro atoms. The third-order valence-electron chi connectivity index (χ3n) is 3.67. The highest BCUT2D eigenvalue weighted by molar-refractivity contribution is 8.00. The van der Waals surface area contributed by atoms with E-state index >= 15 is 0 Å². The van der Waals surface area contributed by atoms with E-state index < -0.39 is 0 Å². The van der Waals surface area contributed by atoms with Crippen LogP contribution >= 0.6 is 23.1 Å². The molecular formula is C19H19N3OS2. The van der Waals surface area contributed by atoms with Gasteiger partial charge in [0.2, 0.25) is 0 Å². The number of anilines is 2. The summed E-state index contributed by atoms with van der Waals surface area (Å²) in [5.74, 6) is -0.155. The molecule has 2 N–H and O–H groups in total. The second-order valence-electron chi connectivity index (χ2n) is 5.46. The van der Waals surface area contributed by atoms with E-state index in [1.54, 1.807) is 0 Å². The number of thioether (sulfide) groups is 1. The van der Waals surface area contributed by atoms with Crippen molar-refractivity contribution in [2.45, 2.75) is 17.2 Å². The Bertz CT molecular complexity index is 834. The molecule has 0 aliphatic heterocycles. The van der Waals surface area contributed by atoms with E-state index in [4.69, 9.17) is 0 Å². The molecule has 3 aromatic rings. The van der Waals surface area contributed by atoms with Gasteiger partial charge in [-0.3, -0.25) is 4.79 Å². The third-order valence-corrected chi connectivity index (χ3v) is 5.75. The van der Waals surface area contributed by atoms with Crippen molar-refractivity contribution in [1.29, 1.82) is 0 Å². The monoisotopic (exact) mass is 369 g/mol. The number of carbonyl (C=O) groups is 1. The average Bonchev–Trinajstić information content (AvgIpc) is 3.06. The zero-order valence-electron chi connectivity index (χ0n) is 14.0. The highest BCUT2D eigenvalue weighted by Crippen LogP contribution is 2.32. The van der Waals surface area contributed by atoms with E-state index in [-0.39, 0.29) is 11.9 Å². The van der Waals surface area contributed by atoms with Crippen LogP contribution in [-0.2, 0) is 0 Å². The maximum Gasteiger partial charge on any atom is 0.272 e. The zero-order chi connectivity index (χ0) is 17.6. The highest BCUT2D eigenvalue weighted by Gasteiger charge is 2.20. The summed E-state index contributed by atoms with van der Waals surface area (Å²) in [6.45, 7) is 1.97. The number of nitrogens with zero attached hydrogens (tertiary/aromatic N) is 1. The van der Waals surface area contributed by atoms with Gasteiger partial charge in [-0.05, 0) is 30.9 Å². The lowest BCUT2D eigenvalue weighted by Gasteiger charge is -2.13. The van der Waals surface area contributed by atoms with Gasteiger partial charge in [0.05, 0.1) is 10.3 Å². The number of hydrogen-bond donors (Lipinski definition) is 2. The molecule has 2 aromatic carbocycles. The minimum Gasteiger partial charge on any atom is -0.344 e. The largest absolute Gasteiger partial charge is 0.344 e. The van der Waals surface area contributed by atoms with Gasteiger partial charge in [-0.25, -0.2) is 4.98 Å². The normalized spacial score (nSPS) is 11.8. The van der Waals surface area contributed by atoms with E-state index in [9.17, 15) is 4.79 Å². The van der Waals surface area contributed by atoms with Crippen molar-refractivity contribution in [2.75, 3.05) is 11.6 Å². The van der Waals surface area contributed by atoms with Gasteiger partial charge in [-0.1, -0.05) is 59.9 Å². The Labute approximate surface area is 155 Å². The van der Waals surface area contributed by atoms with Crippen molar-refractivity contribution in [3.8, 4) is 0 Å². The van der Waals surface area contributed by atoms with Crippen LogP contribution in [0.3, 0.4) is 0 Å². The van der Waals surface area contributed by atoms with E-state index in [2.05, 4.69) is 15.6 Å². The van der Waals surface area contributed by atoms with Crippen LogP contribution in [0.4, 0.5) is 10.8 Å². The predicted molar refractivity (Wildman–Crippen MR) is 106 cm³/mol. The highest BCUT2D eigenvalue weighted by atomic mass is 32.2. The second-order valence-corrected chi connectivity index (χ2v) is 7.53. The van der Waals surface area contributed by atoms with Gasteiger partial charge in [0.1, 0.15) is 0 Å². The summed E-state index contributed by atoms with van der Waals surface area (Å²) in [5.41, 5.74) is 2.49. The fourth-order valence-corrected chi connectivity index (χ4v) is 3.99. The number of nitrogens with one attached hydrogen (secondary N) is 2. The zero-order valence-corrected chi connectivity index (χ0v) is 15.7. The minimum atomic E-state index is -0.155. The molecule has 0 aliphatic rings. The first-order valence-corrected chi connectivity index (χ1v) is 9.94. The molecule has 0 saturated heterocycles. The van der Waals surface area contributed by atoms with Crippen molar-refractivity contribution in [3.05, 3.63) is 71.9 Å². The molecular weight excluding hydrogens is 350 g/mol. The van der Waals surface area contributed by atoms with Gasteiger partial charge in [0.15, 0.2) is 10.8 Å². The maximum absolute atomic E-state index is 12.7. The fraction of sp³-hybridized carbons (Fsp3) is 0.158. The topological polar surface area (TPSA) is 54.0 Å². The van der Waals surface area contributed by atoms with Crippen molar-refractivity contribution in [2.24, 2.45) is 0 Å². The molecule has 6 heteroatoms. The summed E-state index contributed by atoms with van der Waals surface area (Å²) in [4.78, 5) is 17.2. The number of amides is 1. The summed E-state index contributed by atoms with van der Waals surface area (Å²) >= 11 is 3.02. The van der Waals surface area contributed by atoms with Crippen LogP contribution in [0.25, 0.3) is 0 Å². The SMILES string of the molecule is CSc1sc(Nc2ccccc2)nc1C(=O)NC(C)c1ccccc1. The molecule has 0 saturated carbocycles. The van der Waals surface area contributed by atoms with Gasteiger partial charge in [-0.15, -0.1) is 11.8 Å². The number of rotatable bonds is 6. The fourth-order valence-electron chi connectivity index (χ4n) is 2.38. The van der Waals surface area contributed by atoms with Crippen LogP contribution in [0.15, 0.2) is 64.9 Å². The summed E-state index contributed by atoms with van der Waals surface area (Å²) in [6.07, 6.45) is 1.96. The van der Waals surface area contributed by atoms with Crippen molar-refractivity contribution in [3.63, 3.8) is 0 Å². The Morgan fingerprint density at radius 3 is 2.36 bits per heavy atom. The molecule has 0 fully saturated rings. The number of thiazole rings is 1. The standard InChI is InChI=1S/C19H19N3OS2/c1-13(14-9-5-3-6-10-14)20-17(23)16-18(24-2)25-19(22-16)21-15-11-7-4-8-12-15/h3-13H,1-2H3,(H,20,23)(H,21,22). The lowest BCUT2D eigenvalue weighted by molar-refractivity contribution is 0.0933. The van der Waals surface area contributed by atoms with Crippen LogP contribution in [-0.4, -0.2) is 17.1 Å². The molecule has 4 nitrogen and oxygen atoms in total. The van der Waals surface area contributed by atoms with Crippen LogP contribution in [0.5, 0.6) is 0 Å². The van der Waals surface area contributed by atoms with Gasteiger partial charge in [0.25, 0.3) is 5.91 Å². The average molecular weight is 370 g/mol. The lowest BCUT2D eigenvalue weighted by atomic mass is 10.1. The molecule has 0 bridgehead atoms. The maximum atomic E-state index is 12.7. The molecule has 1 atom stereocenters. The Hall–Kier alpha value is -2.31.